The first-order chi connectivity index (χ1) is 12.5. The monoisotopic (exact) mass is 397 g/mol. The van der Waals surface area contributed by atoms with Gasteiger partial charge in [0.25, 0.3) is 0 Å². The van der Waals surface area contributed by atoms with Crippen LogP contribution in [0.1, 0.15) is 25.2 Å². The van der Waals surface area contributed by atoms with Crippen LogP contribution in [0.5, 0.6) is 0 Å². The number of rotatable bonds is 10. The van der Waals surface area contributed by atoms with Gasteiger partial charge in [0, 0.05) is 23.4 Å². The Labute approximate surface area is 160 Å². The fourth-order valence-electron chi connectivity index (χ4n) is 2.23. The van der Waals surface area contributed by atoms with E-state index in [9.17, 15) is 9.59 Å². The Kier molecular flexibility index (Phi) is 7.93. The minimum Gasteiger partial charge on any atom is -0.480 e. The predicted octanol–water partition coefficient (Wildman–Crippen LogP) is 3.04. The fraction of sp³-hybridized carbons (Fsp3) is 0.412. The summed E-state index contributed by atoms with van der Waals surface area (Å²) >= 11 is 7.39. The Bertz CT molecular complexity index is 736. The highest BCUT2D eigenvalue weighted by Gasteiger charge is 2.19. The van der Waals surface area contributed by atoms with Gasteiger partial charge in [0.1, 0.15) is 6.04 Å². The van der Waals surface area contributed by atoms with E-state index in [4.69, 9.17) is 21.2 Å². The number of halogens is 1. The number of hydrogen-bond donors (Lipinski definition) is 2. The molecule has 7 nitrogen and oxygen atoms in total. The molecule has 1 amide bonds. The lowest BCUT2D eigenvalue weighted by Gasteiger charge is -2.13. The maximum atomic E-state index is 11.9. The van der Waals surface area contributed by atoms with Crippen LogP contribution in [0, 0.1) is 0 Å². The number of carbonyl (C=O) groups excluding carboxylic acids is 1. The average molecular weight is 398 g/mol. The summed E-state index contributed by atoms with van der Waals surface area (Å²) in [5.74, 6) is 0.254. The highest BCUT2D eigenvalue weighted by atomic mass is 35.5. The van der Waals surface area contributed by atoms with Gasteiger partial charge in [-0.2, -0.15) is 16.7 Å². The quantitative estimate of drug-likeness (QED) is 0.634. The lowest BCUT2D eigenvalue weighted by molar-refractivity contribution is -0.141. The molecule has 1 heterocycles. The number of amides is 1. The lowest BCUT2D eigenvalue weighted by atomic mass is 10.2. The zero-order valence-electron chi connectivity index (χ0n) is 14.3. The van der Waals surface area contributed by atoms with Gasteiger partial charge in [-0.05, 0) is 49.1 Å². The number of thioether (sulfide) groups is 1. The number of carbonyl (C=O) groups is 2. The van der Waals surface area contributed by atoms with Crippen molar-refractivity contribution in [3.8, 4) is 11.4 Å². The number of carboxylic acids is 1. The molecule has 0 aliphatic heterocycles. The molecule has 0 aliphatic rings. The van der Waals surface area contributed by atoms with E-state index in [2.05, 4.69) is 15.5 Å². The van der Waals surface area contributed by atoms with Crippen LogP contribution in [-0.4, -0.2) is 45.2 Å². The summed E-state index contributed by atoms with van der Waals surface area (Å²) in [6, 6.07) is 6.23. The molecule has 9 heteroatoms. The number of nitrogens with zero attached hydrogens (tertiary/aromatic N) is 2. The van der Waals surface area contributed by atoms with Crippen molar-refractivity contribution in [3.63, 3.8) is 0 Å². The number of aromatic nitrogens is 2. The molecule has 26 heavy (non-hydrogen) atoms. The molecule has 0 radical (unpaired) electrons. The van der Waals surface area contributed by atoms with Crippen LogP contribution in [0.3, 0.4) is 0 Å². The van der Waals surface area contributed by atoms with Crippen molar-refractivity contribution >= 4 is 35.2 Å². The number of hydrogen-bond acceptors (Lipinski definition) is 6. The van der Waals surface area contributed by atoms with E-state index < -0.39 is 12.0 Å². The number of carboxylic acid groups (broad SMARTS) is 1. The van der Waals surface area contributed by atoms with E-state index in [1.807, 2.05) is 6.26 Å². The molecule has 0 unspecified atom stereocenters. The van der Waals surface area contributed by atoms with Crippen LogP contribution in [-0.2, 0) is 16.0 Å². The third kappa shape index (κ3) is 6.34. The fourth-order valence-corrected chi connectivity index (χ4v) is 2.83. The largest absolute Gasteiger partial charge is 0.480 e. The Hall–Kier alpha value is -2.06. The minimum absolute atomic E-state index is 0.196. The molecule has 0 aliphatic carbocycles. The molecule has 140 valence electrons. The van der Waals surface area contributed by atoms with Crippen molar-refractivity contribution in [2.75, 3.05) is 12.0 Å². The molecule has 0 saturated carbocycles. The Morgan fingerprint density at radius 2 is 2.08 bits per heavy atom. The Morgan fingerprint density at radius 3 is 2.73 bits per heavy atom. The molecule has 1 aromatic carbocycles. The van der Waals surface area contributed by atoms with Crippen molar-refractivity contribution in [2.24, 2.45) is 0 Å². The van der Waals surface area contributed by atoms with Gasteiger partial charge >= 0.3 is 5.97 Å². The van der Waals surface area contributed by atoms with Gasteiger partial charge in [0.15, 0.2) is 0 Å². The molecule has 1 aromatic heterocycles. The van der Waals surface area contributed by atoms with Gasteiger partial charge in [0.05, 0.1) is 0 Å². The van der Waals surface area contributed by atoms with E-state index in [1.165, 1.54) is 0 Å². The van der Waals surface area contributed by atoms with Crippen LogP contribution in [0.15, 0.2) is 28.8 Å². The molecule has 0 spiro atoms. The zero-order chi connectivity index (χ0) is 18.9. The van der Waals surface area contributed by atoms with Gasteiger partial charge in [-0.25, -0.2) is 4.79 Å². The van der Waals surface area contributed by atoms with Gasteiger partial charge in [-0.1, -0.05) is 16.8 Å². The second-order valence-electron chi connectivity index (χ2n) is 5.61. The van der Waals surface area contributed by atoms with Crippen molar-refractivity contribution < 1.29 is 19.2 Å². The highest BCUT2D eigenvalue weighted by Crippen LogP contribution is 2.19. The van der Waals surface area contributed by atoms with Crippen LogP contribution in [0.2, 0.25) is 5.02 Å². The number of benzene rings is 1. The van der Waals surface area contributed by atoms with Crippen LogP contribution < -0.4 is 5.32 Å². The van der Waals surface area contributed by atoms with Crippen LogP contribution in [0.4, 0.5) is 0 Å². The molecule has 2 aromatic rings. The number of nitrogens with one attached hydrogen (secondary N) is 1. The summed E-state index contributed by atoms with van der Waals surface area (Å²) in [5, 5.41) is 16.2. The summed E-state index contributed by atoms with van der Waals surface area (Å²) in [5.41, 5.74) is 0.792. The first-order valence-electron chi connectivity index (χ1n) is 8.09. The molecule has 1 atom stereocenters. The SMILES string of the molecule is CSCC[C@H](NC(=O)CCCc1nc(-c2ccc(Cl)cc2)no1)C(=O)O. The summed E-state index contributed by atoms with van der Waals surface area (Å²) < 4.78 is 5.18. The standard InChI is InChI=1S/C17H20ClN3O4S/c1-26-10-9-13(17(23)24)19-14(22)3-2-4-15-20-16(21-25-15)11-5-7-12(18)8-6-11/h5-8,13H,2-4,9-10H2,1H3,(H,19,22)(H,23,24)/t13-/m0/s1. The van der Waals surface area contributed by atoms with E-state index in [-0.39, 0.29) is 12.3 Å². The van der Waals surface area contributed by atoms with E-state index >= 15 is 0 Å². The van der Waals surface area contributed by atoms with Crippen LogP contribution >= 0.6 is 23.4 Å². The molecule has 0 bridgehead atoms. The Morgan fingerprint density at radius 1 is 1.35 bits per heavy atom. The number of aliphatic carboxylic acids is 1. The molecule has 0 saturated heterocycles. The maximum absolute atomic E-state index is 11.9. The average Bonchev–Trinajstić information content (AvgIpc) is 3.08. The predicted molar refractivity (Wildman–Crippen MR) is 100 cm³/mol. The maximum Gasteiger partial charge on any atom is 0.326 e. The normalized spacial score (nSPS) is 11.9. The van der Waals surface area contributed by atoms with Gasteiger partial charge < -0.3 is 14.9 Å². The summed E-state index contributed by atoms with van der Waals surface area (Å²) in [4.78, 5) is 27.3. The van der Waals surface area contributed by atoms with E-state index in [1.54, 1.807) is 36.0 Å². The summed E-state index contributed by atoms with van der Waals surface area (Å²) in [6.45, 7) is 0. The van der Waals surface area contributed by atoms with Crippen molar-refractivity contribution in [3.05, 3.63) is 35.2 Å². The molecule has 2 rings (SSSR count). The van der Waals surface area contributed by atoms with Gasteiger partial charge in [0.2, 0.25) is 17.6 Å². The number of aryl methyl sites for hydroxylation is 1. The molecule has 2 N–H and O–H groups in total. The van der Waals surface area contributed by atoms with Crippen molar-refractivity contribution in [1.82, 2.24) is 15.5 Å². The smallest absolute Gasteiger partial charge is 0.326 e. The van der Waals surface area contributed by atoms with Gasteiger partial charge in [-0.3, -0.25) is 4.79 Å². The first kappa shape index (κ1) is 20.3. The first-order valence-corrected chi connectivity index (χ1v) is 9.86. The zero-order valence-corrected chi connectivity index (χ0v) is 15.8. The topological polar surface area (TPSA) is 105 Å². The van der Waals surface area contributed by atoms with Crippen LogP contribution in [0.25, 0.3) is 11.4 Å². The Balaban J connectivity index is 1.79. The summed E-state index contributed by atoms with van der Waals surface area (Å²) in [7, 11) is 0. The third-order valence-corrected chi connectivity index (χ3v) is 4.50. The summed E-state index contributed by atoms with van der Waals surface area (Å²) in [6.07, 6.45) is 3.42. The van der Waals surface area contributed by atoms with E-state index in [0.29, 0.717) is 41.8 Å². The molecular weight excluding hydrogens is 378 g/mol. The minimum atomic E-state index is -1.02. The highest BCUT2D eigenvalue weighted by molar-refractivity contribution is 7.98. The third-order valence-electron chi connectivity index (χ3n) is 3.61. The molecular formula is C17H20ClN3O4S. The second kappa shape index (κ2) is 10.2. The van der Waals surface area contributed by atoms with Crippen molar-refractivity contribution in [1.29, 1.82) is 0 Å². The van der Waals surface area contributed by atoms with Gasteiger partial charge in [-0.15, -0.1) is 0 Å². The molecule has 0 fully saturated rings. The second-order valence-corrected chi connectivity index (χ2v) is 7.03. The van der Waals surface area contributed by atoms with Crippen molar-refractivity contribution in [2.45, 2.75) is 31.7 Å². The van der Waals surface area contributed by atoms with E-state index in [0.717, 1.165) is 5.56 Å². The lowest BCUT2D eigenvalue weighted by Crippen LogP contribution is -2.41.